The summed E-state index contributed by atoms with van der Waals surface area (Å²) in [5.74, 6) is 0.515. The van der Waals surface area contributed by atoms with Crippen LogP contribution >= 0.6 is 0 Å². The maximum atomic E-state index is 14.4. The number of nitrogens with zero attached hydrogens (tertiary/aromatic N) is 1. The molecule has 28 heavy (non-hydrogen) atoms. The van der Waals surface area contributed by atoms with Crippen LogP contribution in [0.15, 0.2) is 18.2 Å². The Morgan fingerprint density at radius 1 is 1.32 bits per heavy atom. The van der Waals surface area contributed by atoms with E-state index in [9.17, 15) is 9.18 Å². The fourth-order valence-corrected chi connectivity index (χ4v) is 5.13. The molecule has 2 bridgehead atoms. The van der Waals surface area contributed by atoms with E-state index in [1.165, 1.54) is 31.0 Å². The molecule has 2 aliphatic carbocycles. The molecule has 1 heterocycles. The van der Waals surface area contributed by atoms with Gasteiger partial charge in [-0.05, 0) is 62.1 Å². The number of esters is 1. The Balaban J connectivity index is 1.38. The van der Waals surface area contributed by atoms with Gasteiger partial charge < -0.3 is 14.2 Å². The highest BCUT2D eigenvalue weighted by molar-refractivity contribution is 5.89. The minimum absolute atomic E-state index is 0.178. The van der Waals surface area contributed by atoms with E-state index in [4.69, 9.17) is 14.2 Å². The summed E-state index contributed by atoms with van der Waals surface area (Å²) < 4.78 is 31.4. The molecule has 4 rings (SSSR count). The third-order valence-corrected chi connectivity index (χ3v) is 6.74. The summed E-state index contributed by atoms with van der Waals surface area (Å²) in [5, 5.41) is 0. The van der Waals surface area contributed by atoms with E-state index in [2.05, 4.69) is 11.8 Å². The van der Waals surface area contributed by atoms with E-state index in [1.54, 1.807) is 0 Å². The van der Waals surface area contributed by atoms with Crippen LogP contribution in [0.25, 0.3) is 0 Å². The first-order valence-corrected chi connectivity index (χ1v) is 10.6. The molecule has 0 amide bonds. The zero-order valence-corrected chi connectivity index (χ0v) is 16.6. The Hall–Kier alpha value is -1.66. The van der Waals surface area contributed by atoms with E-state index in [0.29, 0.717) is 43.8 Å². The maximum absolute atomic E-state index is 14.4. The van der Waals surface area contributed by atoms with Crippen LogP contribution < -0.4 is 4.74 Å². The molecule has 0 N–H and O–H groups in total. The highest BCUT2D eigenvalue weighted by atomic mass is 19.1. The molecule has 3 unspecified atom stereocenters. The Morgan fingerprint density at radius 2 is 2.14 bits per heavy atom. The lowest BCUT2D eigenvalue weighted by Crippen LogP contribution is -2.41. The van der Waals surface area contributed by atoms with Crippen molar-refractivity contribution < 1.29 is 23.4 Å². The van der Waals surface area contributed by atoms with Gasteiger partial charge in [0.1, 0.15) is 12.2 Å². The normalized spacial score (nSPS) is 29.8. The molecule has 1 aromatic carbocycles. The van der Waals surface area contributed by atoms with Crippen LogP contribution in [0.5, 0.6) is 5.75 Å². The van der Waals surface area contributed by atoms with Crippen molar-refractivity contribution in [1.82, 2.24) is 4.90 Å². The predicted octanol–water partition coefficient (Wildman–Crippen LogP) is 3.66. The van der Waals surface area contributed by atoms with Crippen molar-refractivity contribution >= 4 is 5.97 Å². The molecule has 0 radical (unpaired) electrons. The van der Waals surface area contributed by atoms with Crippen LogP contribution in [-0.2, 0) is 9.47 Å². The van der Waals surface area contributed by atoms with Crippen LogP contribution in [0.4, 0.5) is 4.39 Å². The van der Waals surface area contributed by atoms with Crippen LogP contribution in [0.3, 0.4) is 0 Å². The van der Waals surface area contributed by atoms with E-state index >= 15 is 0 Å². The fourth-order valence-electron chi connectivity index (χ4n) is 5.13. The number of fused-ring (bicyclic) bond motifs is 2. The SMILES string of the molecule is CCC1(Oc2cc(C(=O)OCCN3CCOCC3)ccc2F)CC2CCC1C2. The van der Waals surface area contributed by atoms with Crippen molar-refractivity contribution in [2.45, 2.75) is 44.6 Å². The standard InChI is InChI=1S/C22H30FNO4/c1-2-22(15-16-3-5-18(22)13-16)28-20-14-17(4-6-19(20)23)21(25)27-12-9-24-7-10-26-11-8-24/h4,6,14,16,18H,2-3,5,7-13,15H2,1H3. The summed E-state index contributed by atoms with van der Waals surface area (Å²) in [6.45, 7) is 6.25. The maximum Gasteiger partial charge on any atom is 0.338 e. The summed E-state index contributed by atoms with van der Waals surface area (Å²) >= 11 is 0. The highest BCUT2D eigenvalue weighted by Crippen LogP contribution is 2.54. The molecule has 6 heteroatoms. The molecule has 3 atom stereocenters. The van der Waals surface area contributed by atoms with Gasteiger partial charge in [0.15, 0.2) is 11.6 Å². The van der Waals surface area contributed by atoms with E-state index < -0.39 is 11.8 Å². The lowest BCUT2D eigenvalue weighted by molar-refractivity contribution is 0.00581. The molecule has 0 aromatic heterocycles. The number of hydrogen-bond donors (Lipinski definition) is 0. The second-order valence-corrected chi connectivity index (χ2v) is 8.34. The summed E-state index contributed by atoms with van der Waals surface area (Å²) in [5.41, 5.74) is 0.0515. The monoisotopic (exact) mass is 391 g/mol. The van der Waals surface area contributed by atoms with Gasteiger partial charge in [0.05, 0.1) is 18.8 Å². The van der Waals surface area contributed by atoms with Gasteiger partial charge in [-0.1, -0.05) is 6.92 Å². The summed E-state index contributed by atoms with van der Waals surface area (Å²) in [4.78, 5) is 14.6. The van der Waals surface area contributed by atoms with Gasteiger partial charge in [-0.2, -0.15) is 0 Å². The van der Waals surface area contributed by atoms with Gasteiger partial charge in [0, 0.05) is 19.6 Å². The molecular formula is C22H30FNO4. The van der Waals surface area contributed by atoms with Crippen molar-refractivity contribution in [2.75, 3.05) is 39.5 Å². The van der Waals surface area contributed by atoms with E-state index in [1.807, 2.05) is 0 Å². The van der Waals surface area contributed by atoms with Crippen LogP contribution in [0.2, 0.25) is 0 Å². The topological polar surface area (TPSA) is 48.0 Å². The molecule has 3 fully saturated rings. The average Bonchev–Trinajstić information content (AvgIpc) is 3.32. The molecule has 154 valence electrons. The minimum Gasteiger partial charge on any atom is -0.484 e. The molecule has 1 aromatic rings. The lowest BCUT2D eigenvalue weighted by Gasteiger charge is -2.37. The van der Waals surface area contributed by atoms with Crippen molar-refractivity contribution in [2.24, 2.45) is 11.8 Å². The highest BCUT2D eigenvalue weighted by Gasteiger charge is 2.52. The van der Waals surface area contributed by atoms with Crippen LogP contribution in [0.1, 0.15) is 49.4 Å². The first kappa shape index (κ1) is 19.6. The first-order chi connectivity index (χ1) is 13.6. The quantitative estimate of drug-likeness (QED) is 0.664. The molecule has 5 nitrogen and oxygen atoms in total. The van der Waals surface area contributed by atoms with Crippen molar-refractivity contribution in [1.29, 1.82) is 0 Å². The third kappa shape index (κ3) is 4.03. The smallest absolute Gasteiger partial charge is 0.338 e. The number of ether oxygens (including phenoxy) is 3. The number of benzene rings is 1. The molecule has 2 saturated carbocycles. The largest absolute Gasteiger partial charge is 0.484 e. The van der Waals surface area contributed by atoms with Crippen molar-refractivity contribution in [3.05, 3.63) is 29.6 Å². The van der Waals surface area contributed by atoms with Gasteiger partial charge in [-0.15, -0.1) is 0 Å². The minimum atomic E-state index is -0.434. The van der Waals surface area contributed by atoms with Crippen LogP contribution in [0, 0.1) is 17.7 Å². The number of carbonyl (C=O) groups excluding carboxylic acids is 1. The number of hydrogen-bond acceptors (Lipinski definition) is 5. The van der Waals surface area contributed by atoms with Crippen molar-refractivity contribution in [3.8, 4) is 5.75 Å². The summed E-state index contributed by atoms with van der Waals surface area (Å²) in [7, 11) is 0. The number of carbonyl (C=O) groups is 1. The number of morpholine rings is 1. The second kappa shape index (κ2) is 8.37. The Labute approximate surface area is 166 Å². The van der Waals surface area contributed by atoms with Gasteiger partial charge in [-0.25, -0.2) is 9.18 Å². The zero-order valence-electron chi connectivity index (χ0n) is 16.6. The van der Waals surface area contributed by atoms with Gasteiger partial charge in [-0.3, -0.25) is 4.90 Å². The van der Waals surface area contributed by atoms with Crippen molar-refractivity contribution in [3.63, 3.8) is 0 Å². The average molecular weight is 391 g/mol. The zero-order chi connectivity index (χ0) is 19.6. The van der Waals surface area contributed by atoms with E-state index in [0.717, 1.165) is 32.4 Å². The van der Waals surface area contributed by atoms with Gasteiger partial charge in [0.25, 0.3) is 0 Å². The summed E-state index contributed by atoms with van der Waals surface area (Å²) in [6, 6.07) is 4.29. The lowest BCUT2D eigenvalue weighted by atomic mass is 9.82. The Kier molecular flexibility index (Phi) is 5.88. The second-order valence-electron chi connectivity index (χ2n) is 8.34. The molecular weight excluding hydrogens is 361 g/mol. The summed E-state index contributed by atoms with van der Waals surface area (Å²) in [6.07, 6.45) is 5.44. The van der Waals surface area contributed by atoms with Gasteiger partial charge >= 0.3 is 5.97 Å². The fraction of sp³-hybridized carbons (Fsp3) is 0.682. The Bertz CT molecular complexity index is 706. The molecule has 1 aliphatic heterocycles. The van der Waals surface area contributed by atoms with Gasteiger partial charge in [0.2, 0.25) is 0 Å². The third-order valence-electron chi connectivity index (χ3n) is 6.74. The first-order valence-electron chi connectivity index (χ1n) is 10.6. The Morgan fingerprint density at radius 3 is 2.82 bits per heavy atom. The van der Waals surface area contributed by atoms with E-state index in [-0.39, 0.29) is 11.4 Å². The molecule has 3 aliphatic rings. The molecule has 1 saturated heterocycles. The van der Waals surface area contributed by atoms with Crippen LogP contribution in [-0.4, -0.2) is 55.9 Å². The number of rotatable bonds is 7. The number of halogens is 1. The predicted molar refractivity (Wildman–Crippen MR) is 103 cm³/mol. The molecule has 0 spiro atoms.